The highest BCUT2D eigenvalue weighted by Gasteiger charge is 2.06. The van der Waals surface area contributed by atoms with Gasteiger partial charge in [0.05, 0.1) is 19.3 Å². The highest BCUT2D eigenvalue weighted by molar-refractivity contribution is 7.15. The molecule has 114 valence electrons. The number of imidazole rings is 1. The molecule has 0 aliphatic heterocycles. The molecule has 0 saturated heterocycles. The third kappa shape index (κ3) is 3.46. The van der Waals surface area contributed by atoms with E-state index < -0.39 is 0 Å². The minimum Gasteiger partial charge on any atom is -0.497 e. The number of amides is 1. The normalized spacial score (nSPS) is 10.8. The number of aromatic nitrogens is 2. The first-order chi connectivity index (χ1) is 10.7. The summed E-state index contributed by atoms with van der Waals surface area (Å²) >= 11 is 1.58. The van der Waals surface area contributed by atoms with Crippen LogP contribution in [0.15, 0.2) is 42.0 Å². The molecule has 0 spiro atoms. The van der Waals surface area contributed by atoms with Crippen LogP contribution >= 0.6 is 11.3 Å². The summed E-state index contributed by atoms with van der Waals surface area (Å²) < 4.78 is 7.14. The number of aryl methyl sites for hydroxylation is 1. The van der Waals surface area contributed by atoms with Crippen LogP contribution in [0.4, 0.5) is 0 Å². The highest BCUT2D eigenvalue weighted by atomic mass is 32.1. The second-order valence-corrected chi connectivity index (χ2v) is 5.83. The van der Waals surface area contributed by atoms with Crippen molar-refractivity contribution in [3.05, 3.63) is 53.3 Å². The van der Waals surface area contributed by atoms with Gasteiger partial charge in [0.25, 0.3) is 0 Å². The van der Waals surface area contributed by atoms with E-state index in [1.165, 1.54) is 0 Å². The predicted octanol–water partition coefficient (Wildman–Crippen LogP) is 2.65. The topological polar surface area (TPSA) is 55.6 Å². The molecular formula is C16H17N3O2S. The Labute approximate surface area is 132 Å². The van der Waals surface area contributed by atoms with Gasteiger partial charge in [0.1, 0.15) is 5.75 Å². The molecular weight excluding hydrogens is 298 g/mol. The lowest BCUT2D eigenvalue weighted by Gasteiger charge is -2.05. The quantitative estimate of drug-likeness (QED) is 0.761. The van der Waals surface area contributed by atoms with Gasteiger partial charge >= 0.3 is 0 Å². The summed E-state index contributed by atoms with van der Waals surface area (Å²) in [6.45, 7) is 0.464. The number of rotatable bonds is 6. The van der Waals surface area contributed by atoms with Crippen LogP contribution in [0.25, 0.3) is 4.96 Å². The summed E-state index contributed by atoms with van der Waals surface area (Å²) in [6.07, 6.45) is 5.05. The fourth-order valence-electron chi connectivity index (χ4n) is 2.22. The van der Waals surface area contributed by atoms with E-state index in [0.717, 1.165) is 22.0 Å². The second kappa shape index (κ2) is 6.62. The maximum Gasteiger partial charge on any atom is 0.220 e. The second-order valence-electron chi connectivity index (χ2n) is 4.95. The van der Waals surface area contributed by atoms with Crippen molar-refractivity contribution in [1.82, 2.24) is 14.7 Å². The molecule has 2 heterocycles. The molecule has 2 aromatic heterocycles. The Bertz CT molecular complexity index is 750. The van der Waals surface area contributed by atoms with Crippen molar-refractivity contribution in [2.75, 3.05) is 7.11 Å². The van der Waals surface area contributed by atoms with Crippen LogP contribution in [-0.4, -0.2) is 22.4 Å². The molecule has 1 amide bonds. The molecule has 0 atom stereocenters. The lowest BCUT2D eigenvalue weighted by molar-refractivity contribution is -0.121. The summed E-state index contributed by atoms with van der Waals surface area (Å²) in [4.78, 5) is 17.3. The smallest absolute Gasteiger partial charge is 0.220 e. The first-order valence-electron chi connectivity index (χ1n) is 7.05. The Hall–Kier alpha value is -2.34. The van der Waals surface area contributed by atoms with E-state index in [4.69, 9.17) is 4.74 Å². The van der Waals surface area contributed by atoms with Gasteiger partial charge in [-0.15, -0.1) is 11.3 Å². The van der Waals surface area contributed by atoms with Crippen molar-refractivity contribution in [1.29, 1.82) is 0 Å². The first kappa shape index (κ1) is 14.6. The predicted molar refractivity (Wildman–Crippen MR) is 86.2 cm³/mol. The van der Waals surface area contributed by atoms with E-state index in [2.05, 4.69) is 10.3 Å². The van der Waals surface area contributed by atoms with Crippen LogP contribution in [0.5, 0.6) is 5.75 Å². The van der Waals surface area contributed by atoms with Crippen LogP contribution in [0, 0.1) is 0 Å². The molecule has 0 aliphatic carbocycles. The van der Waals surface area contributed by atoms with Crippen molar-refractivity contribution in [2.45, 2.75) is 19.4 Å². The minimum absolute atomic E-state index is 0.0270. The third-order valence-corrected chi connectivity index (χ3v) is 4.16. The van der Waals surface area contributed by atoms with Gasteiger partial charge in [-0.05, 0) is 24.1 Å². The molecule has 5 nitrogen and oxygen atoms in total. The van der Waals surface area contributed by atoms with Gasteiger partial charge in [0.2, 0.25) is 5.91 Å². The molecule has 3 rings (SSSR count). The molecule has 0 fully saturated rings. The molecule has 0 aliphatic rings. The van der Waals surface area contributed by atoms with Gasteiger partial charge in [-0.1, -0.05) is 12.1 Å². The lowest BCUT2D eigenvalue weighted by atomic mass is 10.1. The summed E-state index contributed by atoms with van der Waals surface area (Å²) in [5.41, 5.74) is 1.97. The first-order valence-corrected chi connectivity index (χ1v) is 7.93. The van der Waals surface area contributed by atoms with Crippen LogP contribution < -0.4 is 10.1 Å². The van der Waals surface area contributed by atoms with Crippen LogP contribution in [0.1, 0.15) is 17.7 Å². The summed E-state index contributed by atoms with van der Waals surface area (Å²) in [7, 11) is 1.64. The molecule has 22 heavy (non-hydrogen) atoms. The van der Waals surface area contributed by atoms with Crippen LogP contribution in [0.2, 0.25) is 0 Å². The maximum absolute atomic E-state index is 11.9. The summed E-state index contributed by atoms with van der Waals surface area (Å²) in [5, 5.41) is 4.89. The number of benzene rings is 1. The minimum atomic E-state index is 0.0270. The van der Waals surface area contributed by atoms with Crippen molar-refractivity contribution in [3.63, 3.8) is 0 Å². The van der Waals surface area contributed by atoms with E-state index in [-0.39, 0.29) is 5.91 Å². The Kier molecular flexibility index (Phi) is 4.39. The molecule has 1 N–H and O–H groups in total. The van der Waals surface area contributed by atoms with E-state index >= 15 is 0 Å². The van der Waals surface area contributed by atoms with Crippen molar-refractivity contribution in [3.8, 4) is 5.75 Å². The highest BCUT2D eigenvalue weighted by Crippen LogP contribution is 2.14. The van der Waals surface area contributed by atoms with E-state index in [1.54, 1.807) is 18.4 Å². The molecule has 1 aromatic carbocycles. The van der Waals surface area contributed by atoms with Crippen molar-refractivity contribution >= 4 is 22.2 Å². The Morgan fingerprint density at radius 1 is 1.45 bits per heavy atom. The molecule has 6 heteroatoms. The number of carbonyl (C=O) groups excluding carboxylic acids is 1. The average molecular weight is 315 g/mol. The fraction of sp³-hybridized carbons (Fsp3) is 0.250. The van der Waals surface area contributed by atoms with Gasteiger partial charge in [0, 0.05) is 24.2 Å². The zero-order valence-corrected chi connectivity index (χ0v) is 13.1. The van der Waals surface area contributed by atoms with Gasteiger partial charge in [-0.2, -0.15) is 0 Å². The molecule has 0 radical (unpaired) electrons. The number of hydrogen-bond acceptors (Lipinski definition) is 4. The number of fused-ring (bicyclic) bond motifs is 1. The van der Waals surface area contributed by atoms with E-state index in [9.17, 15) is 4.79 Å². The fourth-order valence-corrected chi connectivity index (χ4v) is 2.94. The van der Waals surface area contributed by atoms with Gasteiger partial charge < -0.3 is 10.1 Å². The number of nitrogens with zero attached hydrogens (tertiary/aromatic N) is 2. The van der Waals surface area contributed by atoms with Gasteiger partial charge in [0.15, 0.2) is 4.96 Å². The van der Waals surface area contributed by atoms with Crippen molar-refractivity contribution in [2.24, 2.45) is 0 Å². The number of thiazole rings is 1. The third-order valence-electron chi connectivity index (χ3n) is 3.38. The largest absolute Gasteiger partial charge is 0.497 e. The van der Waals surface area contributed by atoms with E-state index in [1.807, 2.05) is 46.4 Å². The molecule has 0 bridgehead atoms. The zero-order chi connectivity index (χ0) is 15.4. The summed E-state index contributed by atoms with van der Waals surface area (Å²) in [6, 6.07) is 7.79. The van der Waals surface area contributed by atoms with Crippen LogP contribution in [0.3, 0.4) is 0 Å². The Morgan fingerprint density at radius 2 is 2.36 bits per heavy atom. The number of carbonyl (C=O) groups is 1. The lowest BCUT2D eigenvalue weighted by Crippen LogP contribution is -2.23. The monoisotopic (exact) mass is 315 g/mol. The van der Waals surface area contributed by atoms with Crippen LogP contribution in [-0.2, 0) is 17.8 Å². The number of ether oxygens (including phenoxy) is 1. The number of nitrogens with one attached hydrogen (secondary N) is 1. The number of methoxy groups -OCH3 is 1. The SMILES string of the molecule is COc1cccc(CCC(=O)NCc2cn3ccsc3n2)c1. The summed E-state index contributed by atoms with van der Waals surface area (Å²) in [5.74, 6) is 0.843. The van der Waals surface area contributed by atoms with Gasteiger partial charge in [-0.3, -0.25) is 9.20 Å². The molecule has 3 aromatic rings. The zero-order valence-electron chi connectivity index (χ0n) is 12.3. The van der Waals surface area contributed by atoms with E-state index in [0.29, 0.717) is 19.4 Å². The average Bonchev–Trinajstić information content (AvgIpc) is 3.12. The van der Waals surface area contributed by atoms with Crippen molar-refractivity contribution < 1.29 is 9.53 Å². The standard InChI is InChI=1S/C16H17N3O2S/c1-21-14-4-2-3-12(9-14)5-6-15(20)17-10-13-11-19-7-8-22-16(19)18-13/h2-4,7-9,11H,5-6,10H2,1H3,(H,17,20). The molecule has 0 saturated carbocycles. The maximum atomic E-state index is 11.9. The Morgan fingerprint density at radius 3 is 3.18 bits per heavy atom. The van der Waals surface area contributed by atoms with Gasteiger partial charge in [-0.25, -0.2) is 4.98 Å². The Balaban J connectivity index is 1.48. The molecule has 0 unspecified atom stereocenters. The number of hydrogen-bond donors (Lipinski definition) is 1.